The maximum atomic E-state index is 10.9. The molecule has 3 nitrogen and oxygen atoms in total. The molecule has 16 heavy (non-hydrogen) atoms. The van der Waals surface area contributed by atoms with Crippen LogP contribution in [-0.4, -0.2) is 11.0 Å². The van der Waals surface area contributed by atoms with Gasteiger partial charge in [0.05, 0.1) is 5.70 Å². The SMILES string of the molecule is O=C1C=C(O)/C(=C\C=C\c2ccccc2)N1. The number of carbonyl (C=O) groups excluding carboxylic acids is 1. The molecule has 1 aromatic carbocycles. The Morgan fingerprint density at radius 3 is 2.56 bits per heavy atom. The van der Waals surface area contributed by atoms with E-state index in [4.69, 9.17) is 0 Å². The predicted molar refractivity (Wildman–Crippen MR) is 62.4 cm³/mol. The van der Waals surface area contributed by atoms with Crippen molar-refractivity contribution in [1.82, 2.24) is 5.32 Å². The van der Waals surface area contributed by atoms with Crippen molar-refractivity contribution in [2.45, 2.75) is 0 Å². The van der Waals surface area contributed by atoms with Crippen LogP contribution in [0.25, 0.3) is 6.08 Å². The summed E-state index contributed by atoms with van der Waals surface area (Å²) in [4.78, 5) is 10.9. The fourth-order valence-electron chi connectivity index (χ4n) is 1.38. The van der Waals surface area contributed by atoms with Gasteiger partial charge in [-0.3, -0.25) is 4.79 Å². The highest BCUT2D eigenvalue weighted by Crippen LogP contribution is 2.10. The summed E-state index contributed by atoms with van der Waals surface area (Å²) in [6.45, 7) is 0. The molecular weight excluding hydrogens is 202 g/mol. The van der Waals surface area contributed by atoms with Gasteiger partial charge >= 0.3 is 0 Å². The highest BCUT2D eigenvalue weighted by Gasteiger charge is 2.14. The van der Waals surface area contributed by atoms with Crippen molar-refractivity contribution in [3.8, 4) is 0 Å². The molecule has 0 radical (unpaired) electrons. The molecule has 0 aromatic heterocycles. The van der Waals surface area contributed by atoms with Gasteiger partial charge in [-0.25, -0.2) is 0 Å². The van der Waals surface area contributed by atoms with Crippen LogP contribution in [0.3, 0.4) is 0 Å². The molecule has 0 saturated heterocycles. The van der Waals surface area contributed by atoms with E-state index in [2.05, 4.69) is 5.32 Å². The number of nitrogens with one attached hydrogen (secondary N) is 1. The van der Waals surface area contributed by atoms with E-state index in [9.17, 15) is 9.90 Å². The van der Waals surface area contributed by atoms with Crippen LogP contribution in [0.4, 0.5) is 0 Å². The minimum atomic E-state index is -0.295. The molecule has 1 amide bonds. The summed E-state index contributed by atoms with van der Waals surface area (Å²) in [7, 11) is 0. The normalized spacial score (nSPS) is 17.9. The van der Waals surface area contributed by atoms with E-state index in [1.54, 1.807) is 12.2 Å². The number of aliphatic hydroxyl groups is 1. The summed E-state index contributed by atoms with van der Waals surface area (Å²) in [5, 5.41) is 11.9. The van der Waals surface area contributed by atoms with E-state index in [0.29, 0.717) is 5.70 Å². The number of aliphatic hydroxyl groups excluding tert-OH is 1. The van der Waals surface area contributed by atoms with Crippen molar-refractivity contribution in [3.63, 3.8) is 0 Å². The molecule has 1 heterocycles. The van der Waals surface area contributed by atoms with Crippen LogP contribution in [0.5, 0.6) is 0 Å². The Bertz CT molecular complexity index is 484. The molecule has 1 aliphatic heterocycles. The van der Waals surface area contributed by atoms with Crippen molar-refractivity contribution in [3.05, 3.63) is 65.6 Å². The van der Waals surface area contributed by atoms with Gasteiger partial charge in [0.15, 0.2) is 0 Å². The summed E-state index contributed by atoms with van der Waals surface area (Å²) in [6, 6.07) is 9.78. The van der Waals surface area contributed by atoms with Crippen LogP contribution >= 0.6 is 0 Å². The van der Waals surface area contributed by atoms with E-state index >= 15 is 0 Å². The van der Waals surface area contributed by atoms with Crippen molar-refractivity contribution < 1.29 is 9.90 Å². The van der Waals surface area contributed by atoms with Crippen molar-refractivity contribution in [1.29, 1.82) is 0 Å². The summed E-state index contributed by atoms with van der Waals surface area (Å²) >= 11 is 0. The third-order valence-corrected chi connectivity index (χ3v) is 2.15. The quantitative estimate of drug-likeness (QED) is 0.790. The molecule has 0 aliphatic carbocycles. The standard InChI is InChI=1S/C13H11NO2/c15-12-9-13(16)14-11(12)8-4-7-10-5-2-1-3-6-10/h1-9,15H,(H,14,16)/b7-4+,11-8+. The molecule has 3 heteroatoms. The van der Waals surface area contributed by atoms with Gasteiger partial charge < -0.3 is 10.4 Å². The lowest BCUT2D eigenvalue weighted by atomic mass is 10.2. The van der Waals surface area contributed by atoms with E-state index in [1.165, 1.54) is 0 Å². The van der Waals surface area contributed by atoms with Crippen LogP contribution in [0.2, 0.25) is 0 Å². The zero-order valence-electron chi connectivity index (χ0n) is 8.55. The Balaban J connectivity index is 2.08. The molecular formula is C13H11NO2. The summed E-state index contributed by atoms with van der Waals surface area (Å²) < 4.78 is 0. The average Bonchev–Trinajstić information content (AvgIpc) is 2.59. The molecule has 0 atom stereocenters. The van der Waals surface area contributed by atoms with E-state index in [1.807, 2.05) is 36.4 Å². The number of rotatable bonds is 2. The first-order valence-electron chi connectivity index (χ1n) is 4.91. The van der Waals surface area contributed by atoms with Gasteiger partial charge in [0, 0.05) is 6.08 Å². The van der Waals surface area contributed by atoms with Gasteiger partial charge in [-0.1, -0.05) is 42.5 Å². The Morgan fingerprint density at radius 1 is 1.19 bits per heavy atom. The molecule has 2 N–H and O–H groups in total. The second kappa shape index (κ2) is 4.49. The molecule has 0 saturated carbocycles. The Morgan fingerprint density at radius 2 is 1.94 bits per heavy atom. The third kappa shape index (κ3) is 2.39. The highest BCUT2D eigenvalue weighted by molar-refractivity contribution is 5.94. The maximum absolute atomic E-state index is 10.9. The number of hydrogen-bond donors (Lipinski definition) is 2. The van der Waals surface area contributed by atoms with Crippen LogP contribution < -0.4 is 5.32 Å². The number of allylic oxidation sites excluding steroid dienone is 2. The minimum Gasteiger partial charge on any atom is -0.506 e. The van der Waals surface area contributed by atoms with Gasteiger partial charge in [0.2, 0.25) is 0 Å². The second-order valence-electron chi connectivity index (χ2n) is 3.37. The highest BCUT2D eigenvalue weighted by atomic mass is 16.3. The average molecular weight is 213 g/mol. The lowest BCUT2D eigenvalue weighted by Gasteiger charge is -1.96. The molecule has 1 aliphatic rings. The number of hydrogen-bond acceptors (Lipinski definition) is 2. The van der Waals surface area contributed by atoms with Crippen molar-refractivity contribution in [2.24, 2.45) is 0 Å². The zero-order chi connectivity index (χ0) is 11.4. The monoisotopic (exact) mass is 213 g/mol. The first-order valence-corrected chi connectivity index (χ1v) is 4.91. The fraction of sp³-hybridized carbons (Fsp3) is 0. The molecule has 1 aromatic rings. The first kappa shape index (κ1) is 10.2. The molecule has 0 spiro atoms. The van der Waals surface area contributed by atoms with Crippen molar-refractivity contribution in [2.75, 3.05) is 0 Å². The zero-order valence-corrected chi connectivity index (χ0v) is 8.55. The first-order chi connectivity index (χ1) is 7.75. The van der Waals surface area contributed by atoms with Gasteiger partial charge in [-0.15, -0.1) is 0 Å². The van der Waals surface area contributed by atoms with Crippen LogP contribution in [0.15, 0.2) is 60.0 Å². The Kier molecular flexibility index (Phi) is 2.87. The van der Waals surface area contributed by atoms with Gasteiger partial charge in [-0.05, 0) is 11.6 Å². The number of amides is 1. The van der Waals surface area contributed by atoms with E-state index < -0.39 is 0 Å². The van der Waals surface area contributed by atoms with Gasteiger partial charge in [0.25, 0.3) is 5.91 Å². The largest absolute Gasteiger partial charge is 0.506 e. The van der Waals surface area contributed by atoms with Crippen LogP contribution in [0.1, 0.15) is 5.56 Å². The smallest absolute Gasteiger partial charge is 0.252 e. The van der Waals surface area contributed by atoms with Gasteiger partial charge in [0.1, 0.15) is 5.76 Å². The van der Waals surface area contributed by atoms with E-state index in [-0.39, 0.29) is 11.7 Å². The maximum Gasteiger partial charge on any atom is 0.252 e. The number of benzene rings is 1. The molecule has 0 bridgehead atoms. The predicted octanol–water partition coefficient (Wildman–Crippen LogP) is 2.16. The lowest BCUT2D eigenvalue weighted by Crippen LogP contribution is -2.13. The minimum absolute atomic E-state index is 0.0253. The summed E-state index contributed by atoms with van der Waals surface area (Å²) in [5.41, 5.74) is 1.49. The molecule has 80 valence electrons. The number of carbonyl (C=O) groups is 1. The molecule has 2 rings (SSSR count). The van der Waals surface area contributed by atoms with Crippen LogP contribution in [0, 0.1) is 0 Å². The van der Waals surface area contributed by atoms with E-state index in [0.717, 1.165) is 11.6 Å². The van der Waals surface area contributed by atoms with Gasteiger partial charge in [-0.2, -0.15) is 0 Å². The Hall–Kier alpha value is -2.29. The Labute approximate surface area is 93.4 Å². The molecule has 0 fully saturated rings. The summed E-state index contributed by atoms with van der Waals surface area (Å²) in [5.74, 6) is -0.320. The summed E-state index contributed by atoms with van der Waals surface area (Å²) in [6.07, 6.45) is 6.48. The second-order valence-corrected chi connectivity index (χ2v) is 3.37. The van der Waals surface area contributed by atoms with Crippen molar-refractivity contribution >= 4 is 12.0 Å². The third-order valence-electron chi connectivity index (χ3n) is 2.15. The topological polar surface area (TPSA) is 49.3 Å². The lowest BCUT2D eigenvalue weighted by molar-refractivity contribution is -0.115. The fourth-order valence-corrected chi connectivity index (χ4v) is 1.38. The molecule has 0 unspecified atom stereocenters. The van der Waals surface area contributed by atoms with Crippen LogP contribution in [-0.2, 0) is 4.79 Å².